The molecule has 0 saturated carbocycles. The van der Waals surface area contributed by atoms with Crippen molar-refractivity contribution in [1.29, 1.82) is 0 Å². The van der Waals surface area contributed by atoms with Gasteiger partial charge in [0.05, 0.1) is 18.4 Å². The Hall–Kier alpha value is -3.06. The Kier molecular flexibility index (Phi) is 8.29. The summed E-state index contributed by atoms with van der Waals surface area (Å²) in [6.45, 7) is 3.97. The molecular weight excluding hydrogens is 466 g/mol. The quantitative estimate of drug-likeness (QED) is 0.603. The van der Waals surface area contributed by atoms with Gasteiger partial charge in [0.2, 0.25) is 5.91 Å². The maximum Gasteiger partial charge on any atom is 0.321 e. The number of anilines is 1. The third-order valence-corrected chi connectivity index (χ3v) is 7.02. The van der Waals surface area contributed by atoms with Gasteiger partial charge in [-0.05, 0) is 49.9 Å². The summed E-state index contributed by atoms with van der Waals surface area (Å²) in [6, 6.07) is 16.8. The van der Waals surface area contributed by atoms with Gasteiger partial charge >= 0.3 is 12.0 Å². The highest BCUT2D eigenvalue weighted by Gasteiger charge is 2.38. The number of halogens is 1. The van der Waals surface area contributed by atoms with Crippen LogP contribution in [0.2, 0.25) is 5.02 Å². The molecule has 0 aromatic heterocycles. The van der Waals surface area contributed by atoms with Crippen molar-refractivity contribution in [3.8, 4) is 0 Å². The number of ether oxygens (including phenoxy) is 1. The largest absolute Gasteiger partial charge is 0.466 e. The smallest absolute Gasteiger partial charge is 0.321 e. The minimum atomic E-state index is -0.347. The number of amides is 3. The van der Waals surface area contributed by atoms with Gasteiger partial charge in [0.15, 0.2) is 0 Å². The van der Waals surface area contributed by atoms with Gasteiger partial charge in [0.25, 0.3) is 0 Å². The molecule has 0 spiro atoms. The maximum absolute atomic E-state index is 13.6. The van der Waals surface area contributed by atoms with Crippen LogP contribution in [0.3, 0.4) is 0 Å². The fourth-order valence-electron chi connectivity index (χ4n) is 5.07. The van der Waals surface area contributed by atoms with Crippen LogP contribution >= 0.6 is 11.6 Å². The molecule has 186 valence electrons. The Labute approximate surface area is 211 Å². The highest BCUT2D eigenvalue weighted by atomic mass is 35.5. The summed E-state index contributed by atoms with van der Waals surface area (Å²) in [5.74, 6) is -0.837. The number of hydrogen-bond donors (Lipinski definition) is 1. The van der Waals surface area contributed by atoms with Crippen LogP contribution < -0.4 is 5.32 Å². The lowest BCUT2D eigenvalue weighted by Crippen LogP contribution is -2.52. The van der Waals surface area contributed by atoms with Gasteiger partial charge in [-0.1, -0.05) is 48.0 Å². The van der Waals surface area contributed by atoms with Crippen molar-refractivity contribution < 1.29 is 19.1 Å². The molecule has 4 rings (SSSR count). The van der Waals surface area contributed by atoms with E-state index >= 15 is 0 Å². The summed E-state index contributed by atoms with van der Waals surface area (Å²) in [6.07, 6.45) is 2.15. The second kappa shape index (κ2) is 11.6. The highest BCUT2D eigenvalue weighted by Crippen LogP contribution is 2.33. The molecule has 2 heterocycles. The van der Waals surface area contributed by atoms with Gasteiger partial charge in [0.1, 0.15) is 0 Å². The van der Waals surface area contributed by atoms with E-state index in [9.17, 15) is 14.4 Å². The fraction of sp³-hybridized carbons (Fsp3) is 0.444. The molecule has 2 fully saturated rings. The minimum Gasteiger partial charge on any atom is -0.466 e. The van der Waals surface area contributed by atoms with Gasteiger partial charge < -0.3 is 19.9 Å². The monoisotopic (exact) mass is 497 g/mol. The highest BCUT2D eigenvalue weighted by molar-refractivity contribution is 6.30. The molecule has 2 saturated heterocycles. The van der Waals surface area contributed by atoms with Gasteiger partial charge in [-0.2, -0.15) is 0 Å². The molecule has 0 aliphatic carbocycles. The van der Waals surface area contributed by atoms with Crippen LogP contribution in [0.5, 0.6) is 0 Å². The van der Waals surface area contributed by atoms with E-state index in [0.717, 1.165) is 18.4 Å². The molecule has 2 aliphatic heterocycles. The molecule has 2 aliphatic rings. The molecule has 0 bridgehead atoms. The van der Waals surface area contributed by atoms with Crippen LogP contribution in [0.4, 0.5) is 10.5 Å². The van der Waals surface area contributed by atoms with Gasteiger partial charge in [-0.3, -0.25) is 9.59 Å². The molecule has 3 atom stereocenters. The summed E-state index contributed by atoms with van der Waals surface area (Å²) in [4.78, 5) is 42.6. The summed E-state index contributed by atoms with van der Waals surface area (Å²) >= 11 is 6.07. The predicted octanol–water partition coefficient (Wildman–Crippen LogP) is 4.78. The fourth-order valence-corrected chi connectivity index (χ4v) is 5.26. The van der Waals surface area contributed by atoms with Crippen molar-refractivity contribution >= 4 is 35.2 Å². The summed E-state index contributed by atoms with van der Waals surface area (Å²) in [5.41, 5.74) is 1.72. The molecule has 0 radical (unpaired) electrons. The minimum absolute atomic E-state index is 0.000171. The SMILES string of the molecule is CCOC(=O)C1CCCN(C(=O)C2CC(c3ccccc3)CN(C(=O)Nc3cccc(Cl)c3)C2)C1. The van der Waals surface area contributed by atoms with Crippen LogP contribution in [0.1, 0.15) is 37.7 Å². The molecule has 3 amide bonds. The summed E-state index contributed by atoms with van der Waals surface area (Å²) in [7, 11) is 0. The first kappa shape index (κ1) is 25.0. The Morgan fingerprint density at radius 2 is 1.77 bits per heavy atom. The van der Waals surface area contributed by atoms with E-state index in [1.165, 1.54) is 0 Å². The lowest BCUT2D eigenvalue weighted by molar-refractivity contribution is -0.152. The van der Waals surface area contributed by atoms with Crippen molar-refractivity contribution in [2.45, 2.75) is 32.1 Å². The van der Waals surface area contributed by atoms with Crippen LogP contribution in [0, 0.1) is 11.8 Å². The molecule has 35 heavy (non-hydrogen) atoms. The number of rotatable bonds is 5. The van der Waals surface area contributed by atoms with Crippen molar-refractivity contribution in [2.24, 2.45) is 11.8 Å². The van der Waals surface area contributed by atoms with Crippen LogP contribution in [0.25, 0.3) is 0 Å². The van der Waals surface area contributed by atoms with E-state index in [1.54, 1.807) is 41.0 Å². The number of nitrogens with zero attached hydrogens (tertiary/aromatic N) is 2. The maximum atomic E-state index is 13.6. The number of carbonyl (C=O) groups excluding carboxylic acids is 3. The van der Waals surface area contributed by atoms with E-state index < -0.39 is 0 Å². The number of piperidine rings is 2. The Morgan fingerprint density at radius 1 is 1.00 bits per heavy atom. The predicted molar refractivity (Wildman–Crippen MR) is 135 cm³/mol. The number of likely N-dealkylation sites (tertiary alicyclic amines) is 2. The summed E-state index contributed by atoms with van der Waals surface area (Å²) in [5, 5.41) is 3.46. The molecule has 2 aromatic carbocycles. The van der Waals surface area contributed by atoms with Crippen molar-refractivity contribution in [3.05, 3.63) is 65.2 Å². The number of urea groups is 1. The molecule has 8 heteroatoms. The normalized spacial score (nSPS) is 22.4. The number of carbonyl (C=O) groups is 3. The Balaban J connectivity index is 1.50. The molecule has 7 nitrogen and oxygen atoms in total. The zero-order valence-electron chi connectivity index (χ0n) is 20.0. The van der Waals surface area contributed by atoms with Gasteiger partial charge in [-0.15, -0.1) is 0 Å². The lowest BCUT2D eigenvalue weighted by atomic mass is 9.83. The second-order valence-electron chi connectivity index (χ2n) is 9.26. The number of esters is 1. The Bertz CT molecular complexity index is 1050. The first-order chi connectivity index (χ1) is 16.9. The lowest BCUT2D eigenvalue weighted by Gasteiger charge is -2.40. The Morgan fingerprint density at radius 3 is 2.51 bits per heavy atom. The molecule has 1 N–H and O–H groups in total. The van der Waals surface area contributed by atoms with E-state index in [2.05, 4.69) is 5.32 Å². The zero-order valence-corrected chi connectivity index (χ0v) is 20.7. The van der Waals surface area contributed by atoms with E-state index in [-0.39, 0.29) is 35.7 Å². The molecular formula is C27H32ClN3O4. The number of hydrogen-bond acceptors (Lipinski definition) is 4. The average molecular weight is 498 g/mol. The van der Waals surface area contributed by atoms with E-state index in [1.807, 2.05) is 30.3 Å². The van der Waals surface area contributed by atoms with Crippen molar-refractivity contribution in [2.75, 3.05) is 38.1 Å². The third kappa shape index (κ3) is 6.34. The first-order valence-corrected chi connectivity index (χ1v) is 12.6. The van der Waals surface area contributed by atoms with Gasteiger partial charge in [-0.25, -0.2) is 4.79 Å². The van der Waals surface area contributed by atoms with Crippen LogP contribution in [0.15, 0.2) is 54.6 Å². The van der Waals surface area contributed by atoms with E-state index in [0.29, 0.717) is 49.9 Å². The number of benzene rings is 2. The van der Waals surface area contributed by atoms with E-state index in [4.69, 9.17) is 16.3 Å². The third-order valence-electron chi connectivity index (χ3n) is 6.79. The van der Waals surface area contributed by atoms with Crippen LogP contribution in [-0.4, -0.2) is 60.5 Å². The summed E-state index contributed by atoms with van der Waals surface area (Å²) < 4.78 is 5.20. The second-order valence-corrected chi connectivity index (χ2v) is 9.70. The standard InChI is InChI=1S/C27H32ClN3O4/c1-2-35-26(33)20-10-7-13-30(16-20)25(32)22-14-21(19-8-4-3-5-9-19)17-31(18-22)27(34)29-24-12-6-11-23(28)15-24/h3-6,8-9,11-12,15,20-22H,2,7,10,13-14,16-18H2,1H3,(H,29,34). The zero-order chi connectivity index (χ0) is 24.8. The van der Waals surface area contributed by atoms with Crippen molar-refractivity contribution in [3.63, 3.8) is 0 Å². The molecule has 3 unspecified atom stereocenters. The van der Waals surface area contributed by atoms with Crippen molar-refractivity contribution in [1.82, 2.24) is 9.80 Å². The number of nitrogens with one attached hydrogen (secondary N) is 1. The van der Waals surface area contributed by atoms with Gasteiger partial charge in [0, 0.05) is 42.8 Å². The average Bonchev–Trinajstić information content (AvgIpc) is 2.88. The molecule has 2 aromatic rings. The van der Waals surface area contributed by atoms with Crippen LogP contribution in [-0.2, 0) is 14.3 Å². The topological polar surface area (TPSA) is 79.0 Å². The first-order valence-electron chi connectivity index (χ1n) is 12.3.